The molecule has 28 heavy (non-hydrogen) atoms. The summed E-state index contributed by atoms with van der Waals surface area (Å²) in [5, 5.41) is 23.2. The zero-order chi connectivity index (χ0) is 20.3. The van der Waals surface area contributed by atoms with E-state index in [0.717, 1.165) is 23.5 Å². The van der Waals surface area contributed by atoms with E-state index in [2.05, 4.69) is 20.0 Å². The highest BCUT2D eigenvalue weighted by atomic mass is 32.1. The molecule has 0 bridgehead atoms. The maximum absolute atomic E-state index is 14.3. The number of rotatable bonds is 5. The predicted molar refractivity (Wildman–Crippen MR) is 98.6 cm³/mol. The monoisotopic (exact) mass is 403 g/mol. The molecule has 3 rings (SSSR count). The number of aromatic nitrogens is 2. The van der Waals surface area contributed by atoms with Gasteiger partial charge in [0.15, 0.2) is 0 Å². The third-order valence-electron chi connectivity index (χ3n) is 3.77. The summed E-state index contributed by atoms with van der Waals surface area (Å²) < 4.78 is 18.7. The zero-order valence-corrected chi connectivity index (χ0v) is 15.3. The van der Waals surface area contributed by atoms with Crippen molar-refractivity contribution in [1.82, 2.24) is 15.3 Å². The van der Waals surface area contributed by atoms with Crippen molar-refractivity contribution in [3.8, 4) is 27.6 Å². The first-order valence-electron chi connectivity index (χ1n) is 7.88. The van der Waals surface area contributed by atoms with Crippen molar-refractivity contribution >= 4 is 23.4 Å². The topological polar surface area (TPSA) is 122 Å². The Morgan fingerprint density at radius 3 is 2.75 bits per heavy atom. The molecule has 2 aromatic heterocycles. The fraction of sp³-hybridized carbons (Fsp3) is 0.111. The molecule has 2 heterocycles. The zero-order valence-electron chi connectivity index (χ0n) is 14.5. The lowest BCUT2D eigenvalue weighted by molar-refractivity contribution is 0.0693. The van der Waals surface area contributed by atoms with Gasteiger partial charge in [-0.05, 0) is 24.3 Å². The van der Waals surface area contributed by atoms with Gasteiger partial charge in [-0.2, -0.15) is 0 Å². The molecule has 3 N–H and O–H groups in total. The number of ether oxygens (including phenoxy) is 1. The minimum Gasteiger partial charge on any atom is -0.507 e. The van der Waals surface area contributed by atoms with Crippen LogP contribution in [0, 0.1) is 5.82 Å². The third-order valence-corrected chi connectivity index (χ3v) is 4.65. The number of pyridine rings is 1. The number of carboxylic acids is 1. The molecule has 0 radical (unpaired) electrons. The Bertz CT molecular complexity index is 1040. The number of carboxylic acid groups (broad SMARTS) is 1. The van der Waals surface area contributed by atoms with Crippen LogP contribution in [0.2, 0.25) is 0 Å². The molecular weight excluding hydrogens is 389 g/mol. The number of nitrogens with zero attached hydrogens (tertiary/aromatic N) is 2. The number of aromatic hydroxyl groups is 1. The van der Waals surface area contributed by atoms with Gasteiger partial charge in [0.25, 0.3) is 0 Å². The molecule has 8 nitrogen and oxygen atoms in total. The van der Waals surface area contributed by atoms with Gasteiger partial charge in [-0.3, -0.25) is 4.98 Å². The van der Waals surface area contributed by atoms with E-state index < -0.39 is 29.2 Å². The third kappa shape index (κ3) is 4.07. The van der Waals surface area contributed by atoms with Crippen LogP contribution in [0.15, 0.2) is 35.8 Å². The Morgan fingerprint density at radius 1 is 1.32 bits per heavy atom. The number of methoxy groups -OCH3 is 1. The maximum atomic E-state index is 14.3. The highest BCUT2D eigenvalue weighted by Gasteiger charge is 2.18. The second kappa shape index (κ2) is 8.01. The highest BCUT2D eigenvalue weighted by molar-refractivity contribution is 7.13. The Hall–Kier alpha value is -3.53. The summed E-state index contributed by atoms with van der Waals surface area (Å²) in [6.07, 6.45) is 1.00. The molecule has 1 amide bonds. The minimum atomic E-state index is -1.42. The number of hydrogen-bond acceptors (Lipinski definition) is 7. The normalized spacial score (nSPS) is 10.5. The van der Waals surface area contributed by atoms with E-state index >= 15 is 0 Å². The molecular formula is C18H14FN3O5S. The molecule has 0 saturated carbocycles. The molecule has 0 unspecified atom stereocenters. The van der Waals surface area contributed by atoms with Crippen molar-refractivity contribution in [2.75, 3.05) is 7.11 Å². The molecule has 0 saturated heterocycles. The van der Waals surface area contributed by atoms with Gasteiger partial charge < -0.3 is 20.3 Å². The average molecular weight is 403 g/mol. The molecule has 1 aromatic carbocycles. The summed E-state index contributed by atoms with van der Waals surface area (Å²) in [6, 6.07) is 5.26. The van der Waals surface area contributed by atoms with E-state index in [4.69, 9.17) is 5.11 Å². The summed E-state index contributed by atoms with van der Waals surface area (Å²) >= 11 is 1.14. The largest absolute Gasteiger partial charge is 0.507 e. The summed E-state index contributed by atoms with van der Waals surface area (Å²) in [7, 11) is 1.27. The quantitative estimate of drug-likeness (QED) is 0.598. The highest BCUT2D eigenvalue weighted by Crippen LogP contribution is 2.33. The number of hydrogen-bond donors (Lipinski definition) is 3. The number of benzene rings is 1. The van der Waals surface area contributed by atoms with Crippen LogP contribution in [0.25, 0.3) is 21.8 Å². The first-order chi connectivity index (χ1) is 13.4. The van der Waals surface area contributed by atoms with Crippen LogP contribution in [0.3, 0.4) is 0 Å². The summed E-state index contributed by atoms with van der Waals surface area (Å²) in [5.74, 6) is -2.75. The number of carbonyl (C=O) groups is 2. The molecule has 0 aliphatic rings. The Morgan fingerprint density at radius 2 is 2.11 bits per heavy atom. The van der Waals surface area contributed by atoms with E-state index in [1.54, 1.807) is 23.7 Å². The molecule has 0 spiro atoms. The van der Waals surface area contributed by atoms with Gasteiger partial charge in [-0.25, -0.2) is 19.0 Å². The first kappa shape index (κ1) is 19.2. The number of amides is 1. The molecule has 0 atom stereocenters. The predicted octanol–water partition coefficient (Wildman–Crippen LogP) is 3.27. The van der Waals surface area contributed by atoms with E-state index in [-0.39, 0.29) is 17.1 Å². The van der Waals surface area contributed by atoms with Crippen LogP contribution in [0.5, 0.6) is 5.75 Å². The van der Waals surface area contributed by atoms with Crippen LogP contribution in [0.4, 0.5) is 9.18 Å². The van der Waals surface area contributed by atoms with E-state index in [1.165, 1.54) is 7.11 Å². The number of phenols is 1. The fourth-order valence-corrected chi connectivity index (χ4v) is 3.19. The van der Waals surface area contributed by atoms with Gasteiger partial charge in [-0.15, -0.1) is 11.3 Å². The number of thiazole rings is 1. The minimum absolute atomic E-state index is 0.00519. The standard InChI is InChI=1S/C18H14FN3O5S/c1-27-18(26)21-7-10-3-2-9(6-20-10)14-8-28-16(22-14)11-5-15(23)12(17(24)25)4-13(11)19/h2-6,8,23H,7H2,1H3,(H,21,26)(H,24,25). The molecule has 3 aromatic rings. The molecule has 0 aliphatic heterocycles. The number of carbonyl (C=O) groups excluding carboxylic acids is 1. The SMILES string of the molecule is COC(=O)NCc1ccc(-c2csc(-c3cc(O)c(C(=O)O)cc3F)n2)cn1. The Labute approximate surface area is 162 Å². The van der Waals surface area contributed by atoms with Crippen LogP contribution < -0.4 is 5.32 Å². The van der Waals surface area contributed by atoms with Crippen molar-refractivity contribution < 1.29 is 28.9 Å². The van der Waals surface area contributed by atoms with E-state index in [9.17, 15) is 19.1 Å². The fourth-order valence-electron chi connectivity index (χ4n) is 2.34. The van der Waals surface area contributed by atoms with Crippen molar-refractivity contribution in [2.24, 2.45) is 0 Å². The van der Waals surface area contributed by atoms with Crippen molar-refractivity contribution in [3.05, 3.63) is 52.9 Å². The second-order valence-electron chi connectivity index (χ2n) is 5.58. The van der Waals surface area contributed by atoms with Gasteiger partial charge in [0.2, 0.25) is 0 Å². The van der Waals surface area contributed by atoms with Crippen LogP contribution in [-0.4, -0.2) is 39.4 Å². The summed E-state index contributed by atoms with van der Waals surface area (Å²) in [5.41, 5.74) is 1.33. The van der Waals surface area contributed by atoms with Crippen LogP contribution in [-0.2, 0) is 11.3 Å². The smallest absolute Gasteiger partial charge is 0.407 e. The van der Waals surface area contributed by atoms with Gasteiger partial charge in [0.05, 0.1) is 25.0 Å². The lowest BCUT2D eigenvalue weighted by Crippen LogP contribution is -2.22. The summed E-state index contributed by atoms with van der Waals surface area (Å²) in [4.78, 5) is 30.6. The number of aromatic carboxylic acids is 1. The van der Waals surface area contributed by atoms with Crippen molar-refractivity contribution in [1.29, 1.82) is 0 Å². The molecule has 144 valence electrons. The second-order valence-corrected chi connectivity index (χ2v) is 6.43. The number of halogens is 1. The lowest BCUT2D eigenvalue weighted by Gasteiger charge is -2.04. The Kier molecular flexibility index (Phi) is 5.50. The first-order valence-corrected chi connectivity index (χ1v) is 8.76. The average Bonchev–Trinajstić information content (AvgIpc) is 3.17. The lowest BCUT2D eigenvalue weighted by atomic mass is 10.1. The van der Waals surface area contributed by atoms with Gasteiger partial charge in [0, 0.05) is 22.7 Å². The molecule has 0 fully saturated rings. The Balaban J connectivity index is 1.82. The maximum Gasteiger partial charge on any atom is 0.407 e. The molecule has 10 heteroatoms. The molecule has 0 aliphatic carbocycles. The van der Waals surface area contributed by atoms with Crippen LogP contribution in [0.1, 0.15) is 16.1 Å². The van der Waals surface area contributed by atoms with E-state index in [0.29, 0.717) is 17.0 Å². The van der Waals surface area contributed by atoms with Gasteiger partial charge in [-0.1, -0.05) is 0 Å². The van der Waals surface area contributed by atoms with Crippen molar-refractivity contribution in [3.63, 3.8) is 0 Å². The summed E-state index contributed by atoms with van der Waals surface area (Å²) in [6.45, 7) is 0.204. The number of alkyl carbamates (subject to hydrolysis) is 1. The van der Waals surface area contributed by atoms with E-state index in [1.807, 2.05) is 0 Å². The van der Waals surface area contributed by atoms with Crippen LogP contribution >= 0.6 is 11.3 Å². The van der Waals surface area contributed by atoms with Gasteiger partial charge >= 0.3 is 12.1 Å². The van der Waals surface area contributed by atoms with Crippen molar-refractivity contribution in [2.45, 2.75) is 6.54 Å². The van der Waals surface area contributed by atoms with Gasteiger partial charge in [0.1, 0.15) is 22.1 Å². The number of nitrogens with one attached hydrogen (secondary N) is 1.